The van der Waals surface area contributed by atoms with Crippen molar-refractivity contribution >= 4 is 11.9 Å². The van der Waals surface area contributed by atoms with Gasteiger partial charge >= 0.3 is 11.9 Å². The molecule has 94 valence electrons. The molecular weight excluding hydrogens is 214 g/mol. The lowest BCUT2D eigenvalue weighted by Gasteiger charge is -2.19. The summed E-state index contributed by atoms with van der Waals surface area (Å²) in [4.78, 5) is 22.6. The molecule has 3 N–H and O–H groups in total. The van der Waals surface area contributed by atoms with Crippen LogP contribution >= 0.6 is 0 Å². The van der Waals surface area contributed by atoms with Gasteiger partial charge in [0.15, 0.2) is 0 Å². The first kappa shape index (κ1) is 14.9. The zero-order valence-corrected chi connectivity index (χ0v) is 9.64. The van der Waals surface area contributed by atoms with Crippen LogP contribution in [0.3, 0.4) is 0 Å². The largest absolute Gasteiger partial charge is 0.466 e. The number of carbonyl (C=O) groups is 2. The van der Waals surface area contributed by atoms with Crippen LogP contribution in [0.15, 0.2) is 0 Å². The van der Waals surface area contributed by atoms with E-state index in [1.807, 2.05) is 0 Å². The minimum Gasteiger partial charge on any atom is -0.466 e. The van der Waals surface area contributed by atoms with Crippen molar-refractivity contribution < 1.29 is 24.2 Å². The number of aliphatic hydroxyl groups is 1. The molecule has 0 aromatic rings. The maximum absolute atomic E-state index is 11.4. The van der Waals surface area contributed by atoms with E-state index >= 15 is 0 Å². The average molecular weight is 233 g/mol. The Morgan fingerprint density at radius 3 is 2.25 bits per heavy atom. The summed E-state index contributed by atoms with van der Waals surface area (Å²) in [5, 5.41) is 9.50. The lowest BCUT2D eigenvalue weighted by atomic mass is 9.99. The van der Waals surface area contributed by atoms with Gasteiger partial charge in [-0.05, 0) is 13.8 Å². The first-order valence-corrected chi connectivity index (χ1v) is 5.27. The Morgan fingerprint density at radius 2 is 1.81 bits per heavy atom. The number of aliphatic hydroxyl groups excluding tert-OH is 1. The molecule has 0 rings (SSSR count). The van der Waals surface area contributed by atoms with Gasteiger partial charge < -0.3 is 20.3 Å². The van der Waals surface area contributed by atoms with Crippen molar-refractivity contribution in [2.75, 3.05) is 19.8 Å². The molecule has 0 saturated carbocycles. The van der Waals surface area contributed by atoms with Crippen LogP contribution in [-0.4, -0.2) is 42.9 Å². The predicted octanol–water partition coefficient (Wildman–Crippen LogP) is -0.561. The first-order chi connectivity index (χ1) is 7.56. The highest BCUT2D eigenvalue weighted by Gasteiger charge is 2.30. The summed E-state index contributed by atoms with van der Waals surface area (Å²) in [5.74, 6) is -2.13. The highest BCUT2D eigenvalue weighted by molar-refractivity contribution is 5.80. The fourth-order valence-corrected chi connectivity index (χ4v) is 1.19. The van der Waals surface area contributed by atoms with Crippen LogP contribution in [0.2, 0.25) is 0 Å². The normalized spacial score (nSPS) is 14.0. The molecule has 0 radical (unpaired) electrons. The van der Waals surface area contributed by atoms with Gasteiger partial charge in [-0.3, -0.25) is 9.59 Å². The van der Waals surface area contributed by atoms with E-state index in [0.29, 0.717) is 0 Å². The van der Waals surface area contributed by atoms with Gasteiger partial charge in [-0.1, -0.05) is 0 Å². The van der Waals surface area contributed by atoms with E-state index in [9.17, 15) is 14.7 Å². The van der Waals surface area contributed by atoms with Gasteiger partial charge in [0.25, 0.3) is 0 Å². The van der Waals surface area contributed by atoms with Gasteiger partial charge in [0, 0.05) is 6.54 Å². The number of hydrogen-bond donors (Lipinski definition) is 2. The van der Waals surface area contributed by atoms with Crippen molar-refractivity contribution in [3.05, 3.63) is 0 Å². The summed E-state index contributed by atoms with van der Waals surface area (Å²) in [6.45, 7) is 3.62. The molecule has 0 aliphatic carbocycles. The molecular formula is C10H19NO5. The summed E-state index contributed by atoms with van der Waals surface area (Å²) >= 11 is 0. The zero-order chi connectivity index (χ0) is 12.6. The van der Waals surface area contributed by atoms with Crippen LogP contribution in [0.1, 0.15) is 20.3 Å². The lowest BCUT2D eigenvalue weighted by Crippen LogP contribution is -2.37. The van der Waals surface area contributed by atoms with E-state index in [1.165, 1.54) is 0 Å². The Labute approximate surface area is 94.7 Å². The van der Waals surface area contributed by atoms with Gasteiger partial charge in [-0.25, -0.2) is 0 Å². The quantitative estimate of drug-likeness (QED) is 0.572. The summed E-state index contributed by atoms with van der Waals surface area (Å²) in [6.07, 6.45) is -1.31. The van der Waals surface area contributed by atoms with E-state index in [4.69, 9.17) is 15.2 Å². The molecule has 0 aromatic carbocycles. The van der Waals surface area contributed by atoms with Gasteiger partial charge in [-0.15, -0.1) is 0 Å². The van der Waals surface area contributed by atoms with Crippen LogP contribution < -0.4 is 5.73 Å². The second kappa shape index (κ2) is 8.06. The Balaban J connectivity index is 4.42. The Morgan fingerprint density at radius 1 is 1.25 bits per heavy atom. The van der Waals surface area contributed by atoms with E-state index in [-0.39, 0.29) is 26.2 Å². The Kier molecular flexibility index (Phi) is 7.49. The molecule has 0 saturated heterocycles. The number of nitrogens with two attached hydrogens (primary N) is 1. The SMILES string of the molecule is CCOC(=O)CC(C(=O)OCC)C(O)CN. The van der Waals surface area contributed by atoms with Crippen molar-refractivity contribution in [1.82, 2.24) is 0 Å². The van der Waals surface area contributed by atoms with E-state index < -0.39 is 24.0 Å². The maximum atomic E-state index is 11.4. The smallest absolute Gasteiger partial charge is 0.312 e. The van der Waals surface area contributed by atoms with E-state index in [0.717, 1.165) is 0 Å². The summed E-state index contributed by atoms with van der Waals surface area (Å²) in [7, 11) is 0. The van der Waals surface area contributed by atoms with Gasteiger partial charge in [0.05, 0.1) is 31.7 Å². The fourth-order valence-electron chi connectivity index (χ4n) is 1.19. The highest BCUT2D eigenvalue weighted by atomic mass is 16.5. The van der Waals surface area contributed by atoms with E-state index in [1.54, 1.807) is 13.8 Å². The van der Waals surface area contributed by atoms with Crippen molar-refractivity contribution in [1.29, 1.82) is 0 Å². The molecule has 0 aromatic heterocycles. The number of ether oxygens (including phenoxy) is 2. The molecule has 0 heterocycles. The third-order valence-electron chi connectivity index (χ3n) is 1.99. The number of rotatable bonds is 7. The van der Waals surface area contributed by atoms with Crippen LogP contribution in [-0.2, 0) is 19.1 Å². The molecule has 0 aliphatic heterocycles. The molecule has 6 nitrogen and oxygen atoms in total. The van der Waals surface area contributed by atoms with Gasteiger partial charge in [0.1, 0.15) is 0 Å². The Hall–Kier alpha value is -1.14. The molecule has 0 amide bonds. The van der Waals surface area contributed by atoms with Gasteiger partial charge in [-0.2, -0.15) is 0 Å². The maximum Gasteiger partial charge on any atom is 0.312 e. The molecule has 0 spiro atoms. The standard InChI is InChI=1S/C10H19NO5/c1-3-15-9(13)5-7(8(12)6-11)10(14)16-4-2/h7-8,12H,3-6,11H2,1-2H3. The van der Waals surface area contributed by atoms with Crippen LogP contribution in [0.25, 0.3) is 0 Å². The molecule has 6 heteroatoms. The topological polar surface area (TPSA) is 98.9 Å². The second-order valence-corrected chi connectivity index (χ2v) is 3.17. The van der Waals surface area contributed by atoms with Crippen molar-refractivity contribution in [2.45, 2.75) is 26.4 Å². The fraction of sp³-hybridized carbons (Fsp3) is 0.800. The summed E-state index contributed by atoms with van der Waals surface area (Å²) in [6, 6.07) is 0. The molecule has 0 bridgehead atoms. The molecule has 0 fully saturated rings. The average Bonchev–Trinajstić information content (AvgIpc) is 2.25. The number of hydrogen-bond acceptors (Lipinski definition) is 6. The third kappa shape index (κ3) is 5.09. The van der Waals surface area contributed by atoms with Gasteiger partial charge in [0.2, 0.25) is 0 Å². The number of carbonyl (C=O) groups excluding carboxylic acids is 2. The first-order valence-electron chi connectivity index (χ1n) is 5.27. The zero-order valence-electron chi connectivity index (χ0n) is 9.64. The van der Waals surface area contributed by atoms with Crippen LogP contribution in [0.5, 0.6) is 0 Å². The van der Waals surface area contributed by atoms with Crippen molar-refractivity contribution in [2.24, 2.45) is 11.7 Å². The lowest BCUT2D eigenvalue weighted by molar-refractivity contribution is -0.158. The molecule has 0 aliphatic rings. The molecule has 16 heavy (non-hydrogen) atoms. The molecule has 2 atom stereocenters. The summed E-state index contributed by atoms with van der Waals surface area (Å²) < 4.78 is 9.44. The minimum atomic E-state index is -1.09. The monoisotopic (exact) mass is 233 g/mol. The van der Waals surface area contributed by atoms with Crippen molar-refractivity contribution in [3.63, 3.8) is 0 Å². The second-order valence-electron chi connectivity index (χ2n) is 3.17. The van der Waals surface area contributed by atoms with Crippen molar-refractivity contribution in [3.8, 4) is 0 Å². The molecule has 2 unspecified atom stereocenters. The van der Waals surface area contributed by atoms with E-state index in [2.05, 4.69) is 0 Å². The third-order valence-corrected chi connectivity index (χ3v) is 1.99. The number of esters is 2. The van der Waals surface area contributed by atoms with Crippen LogP contribution in [0.4, 0.5) is 0 Å². The van der Waals surface area contributed by atoms with Crippen LogP contribution in [0, 0.1) is 5.92 Å². The summed E-state index contributed by atoms with van der Waals surface area (Å²) in [5.41, 5.74) is 5.25. The predicted molar refractivity (Wildman–Crippen MR) is 56.4 cm³/mol. The highest BCUT2D eigenvalue weighted by Crippen LogP contribution is 2.12. The Bertz CT molecular complexity index is 231. The minimum absolute atomic E-state index is 0.108.